The van der Waals surface area contributed by atoms with Gasteiger partial charge in [-0.25, -0.2) is 0 Å². The monoisotopic (exact) mass is 152 g/mol. The molecule has 0 aromatic heterocycles. The summed E-state index contributed by atoms with van der Waals surface area (Å²) in [6.45, 7) is 2.01. The zero-order valence-corrected chi connectivity index (χ0v) is 6.49. The van der Waals surface area contributed by atoms with E-state index in [1.54, 1.807) is 0 Å². The highest BCUT2D eigenvalue weighted by atomic mass is 16.4. The Morgan fingerprint density at radius 2 is 2.55 bits per heavy atom. The maximum atomic E-state index is 8.40. The highest BCUT2D eigenvalue weighted by Crippen LogP contribution is 2.17. The molecule has 0 aliphatic heterocycles. The first-order chi connectivity index (χ1) is 5.25. The van der Waals surface area contributed by atoms with E-state index in [9.17, 15) is 0 Å². The van der Waals surface area contributed by atoms with Gasteiger partial charge in [0, 0.05) is 11.5 Å². The number of nitrogens with two attached hydrogens (primary N) is 1. The Balaban J connectivity index is 2.79. The molecule has 0 aromatic carbocycles. The number of amidine groups is 1. The molecule has 3 nitrogen and oxygen atoms in total. The zero-order chi connectivity index (χ0) is 8.27. The van der Waals surface area contributed by atoms with Crippen molar-refractivity contribution in [2.24, 2.45) is 16.8 Å². The van der Waals surface area contributed by atoms with Crippen LogP contribution in [0.1, 0.15) is 13.3 Å². The van der Waals surface area contributed by atoms with Crippen LogP contribution in [0.4, 0.5) is 0 Å². The summed E-state index contributed by atoms with van der Waals surface area (Å²) in [7, 11) is 0. The van der Waals surface area contributed by atoms with Crippen LogP contribution in [0.2, 0.25) is 0 Å². The molecule has 0 saturated carbocycles. The minimum Gasteiger partial charge on any atom is -0.409 e. The van der Waals surface area contributed by atoms with Crippen LogP contribution < -0.4 is 5.73 Å². The summed E-state index contributed by atoms with van der Waals surface area (Å²) < 4.78 is 0. The van der Waals surface area contributed by atoms with Crippen molar-refractivity contribution in [3.63, 3.8) is 0 Å². The molecule has 0 fully saturated rings. The fraction of sp³-hybridized carbons (Fsp3) is 0.375. The van der Waals surface area contributed by atoms with Crippen molar-refractivity contribution in [1.29, 1.82) is 0 Å². The summed E-state index contributed by atoms with van der Waals surface area (Å²) in [5, 5.41) is 11.4. The zero-order valence-electron chi connectivity index (χ0n) is 6.49. The van der Waals surface area contributed by atoms with Crippen LogP contribution in [0.5, 0.6) is 0 Å². The van der Waals surface area contributed by atoms with Crippen LogP contribution in [0.3, 0.4) is 0 Å². The molecule has 3 heteroatoms. The van der Waals surface area contributed by atoms with Gasteiger partial charge in [0.1, 0.15) is 0 Å². The van der Waals surface area contributed by atoms with E-state index in [-0.39, 0.29) is 11.8 Å². The van der Waals surface area contributed by atoms with Crippen molar-refractivity contribution in [3.8, 4) is 0 Å². The molecule has 60 valence electrons. The van der Waals surface area contributed by atoms with Gasteiger partial charge in [0.2, 0.25) is 0 Å². The molecular formula is C8H12N2O. The van der Waals surface area contributed by atoms with E-state index in [2.05, 4.69) is 11.2 Å². The molecule has 1 atom stereocenters. The Morgan fingerprint density at radius 1 is 1.82 bits per heavy atom. The van der Waals surface area contributed by atoms with Gasteiger partial charge in [0.05, 0.1) is 0 Å². The summed E-state index contributed by atoms with van der Waals surface area (Å²) in [6, 6.07) is 0. The maximum absolute atomic E-state index is 8.40. The molecule has 1 rings (SSSR count). The molecule has 11 heavy (non-hydrogen) atoms. The third kappa shape index (κ3) is 1.61. The Labute approximate surface area is 65.9 Å². The molecule has 0 aromatic rings. The second kappa shape index (κ2) is 3.23. The van der Waals surface area contributed by atoms with Crippen LogP contribution in [0, 0.1) is 5.92 Å². The third-order valence-corrected chi connectivity index (χ3v) is 1.79. The normalized spacial score (nSPS) is 25.0. The van der Waals surface area contributed by atoms with Gasteiger partial charge in [-0.2, -0.15) is 0 Å². The topological polar surface area (TPSA) is 58.6 Å². The van der Waals surface area contributed by atoms with E-state index in [4.69, 9.17) is 10.9 Å². The van der Waals surface area contributed by atoms with E-state index in [0.717, 1.165) is 12.0 Å². The lowest BCUT2D eigenvalue weighted by molar-refractivity contribution is 0.318. The summed E-state index contributed by atoms with van der Waals surface area (Å²) in [5.41, 5.74) is 6.35. The average molecular weight is 152 g/mol. The average Bonchev–Trinajstić information content (AvgIpc) is 2.04. The molecule has 3 N–H and O–H groups in total. The molecule has 1 aliphatic rings. The van der Waals surface area contributed by atoms with Crippen molar-refractivity contribution < 1.29 is 5.21 Å². The molecule has 1 aliphatic carbocycles. The molecule has 1 unspecified atom stereocenters. The first-order valence-electron chi connectivity index (χ1n) is 3.60. The van der Waals surface area contributed by atoms with Gasteiger partial charge in [-0.3, -0.25) is 0 Å². The van der Waals surface area contributed by atoms with E-state index in [0.29, 0.717) is 0 Å². The maximum Gasteiger partial charge on any atom is 0.166 e. The second-order valence-electron chi connectivity index (χ2n) is 2.60. The predicted molar refractivity (Wildman–Crippen MR) is 44.4 cm³/mol. The highest BCUT2D eigenvalue weighted by molar-refractivity contribution is 5.97. The summed E-state index contributed by atoms with van der Waals surface area (Å²) in [4.78, 5) is 0. The minimum absolute atomic E-state index is 0.224. The lowest BCUT2D eigenvalue weighted by Crippen LogP contribution is -2.19. The van der Waals surface area contributed by atoms with E-state index in [1.807, 2.05) is 19.1 Å². The standard InChI is InChI=1S/C8H12N2O/c1-6-4-2-3-5-7(6)8(9)10-11/h2,4-6,11H,3H2,1H3,(H2,9,10). The summed E-state index contributed by atoms with van der Waals surface area (Å²) >= 11 is 0. The third-order valence-electron chi connectivity index (χ3n) is 1.79. The Kier molecular flexibility index (Phi) is 2.31. The lowest BCUT2D eigenvalue weighted by atomic mass is 9.94. The van der Waals surface area contributed by atoms with Crippen molar-refractivity contribution in [3.05, 3.63) is 23.8 Å². The SMILES string of the molecule is CC1C=CCC=C1C(N)=NO. The fourth-order valence-corrected chi connectivity index (χ4v) is 1.16. The quantitative estimate of drug-likeness (QED) is 0.195. The summed E-state index contributed by atoms with van der Waals surface area (Å²) in [5.74, 6) is 0.488. The van der Waals surface area contributed by atoms with Gasteiger partial charge in [-0.1, -0.05) is 30.3 Å². The molecule has 0 saturated heterocycles. The Bertz CT molecular complexity index is 228. The first kappa shape index (κ1) is 7.85. The molecule has 0 amide bonds. The first-order valence-corrected chi connectivity index (χ1v) is 3.60. The van der Waals surface area contributed by atoms with Crippen LogP contribution in [0.25, 0.3) is 0 Å². The van der Waals surface area contributed by atoms with Crippen LogP contribution in [-0.4, -0.2) is 11.0 Å². The molecule has 0 bridgehead atoms. The van der Waals surface area contributed by atoms with Crippen LogP contribution >= 0.6 is 0 Å². The van der Waals surface area contributed by atoms with Gasteiger partial charge in [0.25, 0.3) is 0 Å². The van der Waals surface area contributed by atoms with Crippen LogP contribution in [0.15, 0.2) is 29.0 Å². The number of nitrogens with zero attached hydrogens (tertiary/aromatic N) is 1. The summed E-state index contributed by atoms with van der Waals surface area (Å²) in [6.07, 6.45) is 6.96. The molecule has 0 spiro atoms. The Morgan fingerprint density at radius 3 is 3.09 bits per heavy atom. The highest BCUT2D eigenvalue weighted by Gasteiger charge is 2.11. The number of oxime groups is 1. The van der Waals surface area contributed by atoms with Gasteiger partial charge >= 0.3 is 0 Å². The van der Waals surface area contributed by atoms with Crippen LogP contribution in [-0.2, 0) is 0 Å². The van der Waals surface area contributed by atoms with Crippen molar-refractivity contribution in [2.75, 3.05) is 0 Å². The molecule has 0 radical (unpaired) electrons. The lowest BCUT2D eigenvalue weighted by Gasteiger charge is -2.13. The minimum atomic E-state index is 0.224. The van der Waals surface area contributed by atoms with Gasteiger partial charge in [-0.15, -0.1) is 0 Å². The number of rotatable bonds is 1. The van der Waals surface area contributed by atoms with E-state index in [1.165, 1.54) is 0 Å². The number of hydrogen-bond donors (Lipinski definition) is 2. The fourth-order valence-electron chi connectivity index (χ4n) is 1.16. The van der Waals surface area contributed by atoms with Crippen molar-refractivity contribution in [2.45, 2.75) is 13.3 Å². The van der Waals surface area contributed by atoms with Gasteiger partial charge < -0.3 is 10.9 Å². The smallest absolute Gasteiger partial charge is 0.166 e. The predicted octanol–water partition coefficient (Wildman–Crippen LogP) is 1.26. The molecule has 0 heterocycles. The number of hydrogen-bond acceptors (Lipinski definition) is 2. The van der Waals surface area contributed by atoms with Gasteiger partial charge in [0.15, 0.2) is 5.84 Å². The van der Waals surface area contributed by atoms with E-state index >= 15 is 0 Å². The van der Waals surface area contributed by atoms with Gasteiger partial charge in [-0.05, 0) is 6.42 Å². The van der Waals surface area contributed by atoms with Crippen molar-refractivity contribution in [1.82, 2.24) is 0 Å². The molecular weight excluding hydrogens is 140 g/mol. The second-order valence-corrected chi connectivity index (χ2v) is 2.60. The number of allylic oxidation sites excluding steroid dienone is 3. The van der Waals surface area contributed by atoms with Crippen molar-refractivity contribution >= 4 is 5.84 Å². The Hall–Kier alpha value is -1.25. The largest absolute Gasteiger partial charge is 0.409 e. The van der Waals surface area contributed by atoms with E-state index < -0.39 is 0 Å².